The van der Waals surface area contributed by atoms with Crippen LogP contribution in [0.1, 0.15) is 26.3 Å². The van der Waals surface area contributed by atoms with Gasteiger partial charge in [0.1, 0.15) is 0 Å². The third-order valence-corrected chi connectivity index (χ3v) is 2.38. The molecule has 0 aromatic heterocycles. The Morgan fingerprint density at radius 1 is 1.36 bits per heavy atom. The average Bonchev–Trinajstić information content (AvgIpc) is 1.91. The Labute approximate surface area is 120 Å². The Kier molecular flexibility index (Phi) is 8.70. The third-order valence-electron chi connectivity index (χ3n) is 1.61. The van der Waals surface area contributed by atoms with Gasteiger partial charge in [-0.2, -0.15) is 24.3 Å². The monoisotopic (exact) mass is 478 g/mol. The van der Waals surface area contributed by atoms with Gasteiger partial charge in [0.05, 0.1) is 0 Å². The molecule has 1 rings (SSSR count). The Bertz CT molecular complexity index is 263. The van der Waals surface area contributed by atoms with E-state index in [-0.39, 0.29) is 38.5 Å². The van der Waals surface area contributed by atoms with Crippen molar-refractivity contribution in [2.24, 2.45) is 5.41 Å². The molecule has 2 heteroatoms. The van der Waals surface area contributed by atoms with E-state index in [1.807, 2.05) is 12.1 Å². The van der Waals surface area contributed by atoms with Gasteiger partial charge in [0.15, 0.2) is 0 Å². The summed E-state index contributed by atoms with van der Waals surface area (Å²) in [6, 6.07) is 9.11. The summed E-state index contributed by atoms with van der Waals surface area (Å²) in [5.41, 5.74) is 1.68. The zero-order valence-electron chi connectivity index (χ0n) is 9.32. The minimum Gasteiger partial charge on any atom is -0.358 e. The molecular formula is C12H17BrU. The van der Waals surface area contributed by atoms with Crippen LogP contribution in [-0.2, 0) is 6.42 Å². The van der Waals surface area contributed by atoms with E-state index < -0.39 is 0 Å². The summed E-state index contributed by atoms with van der Waals surface area (Å²) < 4.78 is 1.19. The van der Waals surface area contributed by atoms with Crippen LogP contribution < -0.4 is 0 Å². The van der Waals surface area contributed by atoms with Crippen molar-refractivity contribution in [1.82, 2.24) is 0 Å². The number of hydrogen-bond acceptors (Lipinski definition) is 0. The largest absolute Gasteiger partial charge is 2.00 e. The molecule has 0 aliphatic heterocycles. The van der Waals surface area contributed by atoms with E-state index >= 15 is 0 Å². The van der Waals surface area contributed by atoms with Gasteiger partial charge in [-0.15, -0.1) is 5.56 Å². The van der Waals surface area contributed by atoms with Crippen molar-refractivity contribution >= 4 is 15.9 Å². The molecule has 1 aromatic rings. The van der Waals surface area contributed by atoms with Crippen LogP contribution in [-0.4, -0.2) is 0 Å². The molecule has 0 atom stereocenters. The van der Waals surface area contributed by atoms with Crippen LogP contribution in [0.4, 0.5) is 0 Å². The summed E-state index contributed by atoms with van der Waals surface area (Å²) in [7, 11) is 0. The van der Waals surface area contributed by atoms with E-state index in [2.05, 4.69) is 48.8 Å². The Morgan fingerprint density at radius 2 is 1.93 bits per heavy atom. The van der Waals surface area contributed by atoms with E-state index in [0.717, 1.165) is 6.42 Å². The molecule has 0 radical (unpaired) electrons. The van der Waals surface area contributed by atoms with Gasteiger partial charge in [0.2, 0.25) is 0 Å². The maximum absolute atomic E-state index is 3.53. The summed E-state index contributed by atoms with van der Waals surface area (Å²) in [4.78, 5) is 0. The van der Waals surface area contributed by atoms with Gasteiger partial charge in [-0.1, -0.05) is 47.6 Å². The fourth-order valence-electron chi connectivity index (χ4n) is 1.15. The van der Waals surface area contributed by atoms with Crippen LogP contribution in [0.15, 0.2) is 22.7 Å². The molecular weight excluding hydrogens is 462 g/mol. The zero-order valence-corrected chi connectivity index (χ0v) is 15.1. The quantitative estimate of drug-likeness (QED) is 0.528. The minimum absolute atomic E-state index is 0. The van der Waals surface area contributed by atoms with Crippen LogP contribution in [0, 0.1) is 50.0 Å². The summed E-state index contributed by atoms with van der Waals surface area (Å²) in [5, 5.41) is 0. The first-order chi connectivity index (χ1) is 5.49. The first kappa shape index (κ1) is 17.2. The second-order valence-electron chi connectivity index (χ2n) is 4.25. The van der Waals surface area contributed by atoms with E-state index in [4.69, 9.17) is 0 Å². The SMILES string of the molecule is CC(C)(C)Cc1c[c-]ccc1Br.[CH3-].[U+2]. The van der Waals surface area contributed by atoms with Crippen molar-refractivity contribution in [3.8, 4) is 0 Å². The molecule has 0 bridgehead atoms. The third kappa shape index (κ3) is 6.28. The Balaban J connectivity index is 0. The smallest absolute Gasteiger partial charge is 0.358 e. The van der Waals surface area contributed by atoms with E-state index in [9.17, 15) is 0 Å². The minimum atomic E-state index is 0. The molecule has 0 unspecified atom stereocenters. The maximum Gasteiger partial charge on any atom is 2.00 e. The molecule has 0 saturated heterocycles. The molecule has 0 N–H and O–H groups in total. The van der Waals surface area contributed by atoms with E-state index in [0.29, 0.717) is 5.41 Å². The average molecular weight is 479 g/mol. The Hall–Kier alpha value is 0.752. The zero-order chi connectivity index (χ0) is 9.19. The van der Waals surface area contributed by atoms with Crippen molar-refractivity contribution in [3.63, 3.8) is 0 Å². The molecule has 76 valence electrons. The molecule has 0 saturated carbocycles. The molecule has 1 aromatic carbocycles. The van der Waals surface area contributed by atoms with Crippen molar-refractivity contribution in [2.45, 2.75) is 27.2 Å². The normalized spacial score (nSPS) is 10.0. The molecule has 14 heavy (non-hydrogen) atoms. The van der Waals surface area contributed by atoms with E-state index in [1.165, 1.54) is 10.0 Å². The van der Waals surface area contributed by atoms with Crippen LogP contribution in [0.25, 0.3) is 0 Å². The molecule has 0 amide bonds. The predicted molar refractivity (Wildman–Crippen MR) is 62.6 cm³/mol. The predicted octanol–water partition coefficient (Wildman–Crippen LogP) is 4.29. The summed E-state index contributed by atoms with van der Waals surface area (Å²) in [6.45, 7) is 6.73. The molecule has 0 nitrogen and oxygen atoms in total. The van der Waals surface area contributed by atoms with Gasteiger partial charge in [-0.3, -0.25) is 0 Å². The number of hydrogen-bond donors (Lipinski definition) is 0. The summed E-state index contributed by atoms with van der Waals surface area (Å²) in [5.74, 6) is 0. The molecule has 0 aliphatic rings. The molecule has 0 spiro atoms. The molecule has 0 aliphatic carbocycles. The number of rotatable bonds is 1. The summed E-state index contributed by atoms with van der Waals surface area (Å²) >= 11 is 3.53. The van der Waals surface area contributed by atoms with Gasteiger partial charge in [-0.05, 0) is 5.41 Å². The van der Waals surface area contributed by atoms with Gasteiger partial charge in [-0.25, -0.2) is 0 Å². The van der Waals surface area contributed by atoms with Gasteiger partial charge in [0.25, 0.3) is 0 Å². The first-order valence-corrected chi connectivity index (χ1v) is 4.93. The fourth-order valence-corrected chi connectivity index (χ4v) is 1.54. The van der Waals surface area contributed by atoms with Crippen LogP contribution >= 0.6 is 15.9 Å². The molecule has 0 fully saturated rings. The number of halogens is 1. The van der Waals surface area contributed by atoms with Crippen molar-refractivity contribution in [1.29, 1.82) is 0 Å². The van der Waals surface area contributed by atoms with Crippen molar-refractivity contribution in [2.75, 3.05) is 0 Å². The van der Waals surface area contributed by atoms with Gasteiger partial charge >= 0.3 is 31.1 Å². The van der Waals surface area contributed by atoms with Gasteiger partial charge in [0, 0.05) is 0 Å². The topological polar surface area (TPSA) is 0 Å². The van der Waals surface area contributed by atoms with E-state index in [1.54, 1.807) is 0 Å². The van der Waals surface area contributed by atoms with Crippen LogP contribution in [0.3, 0.4) is 0 Å². The Morgan fingerprint density at radius 3 is 2.36 bits per heavy atom. The summed E-state index contributed by atoms with van der Waals surface area (Å²) in [6.07, 6.45) is 1.09. The second kappa shape index (κ2) is 7.10. The van der Waals surface area contributed by atoms with Crippen LogP contribution in [0.5, 0.6) is 0 Å². The van der Waals surface area contributed by atoms with Gasteiger partial charge < -0.3 is 7.43 Å². The van der Waals surface area contributed by atoms with Crippen LogP contribution in [0.2, 0.25) is 0 Å². The van der Waals surface area contributed by atoms with Crippen molar-refractivity contribution < 1.29 is 31.1 Å². The fraction of sp³-hybridized carbons (Fsp3) is 0.417. The van der Waals surface area contributed by atoms with Crippen molar-refractivity contribution in [3.05, 3.63) is 41.7 Å². The number of benzene rings is 1. The standard InChI is InChI=1S/C11H14Br.CH3.U/c1-11(2,3)8-9-6-4-5-7-10(9)12;;/h5-7H,8H2,1-3H3;1H3;/q2*-1;+2. The first-order valence-electron chi connectivity index (χ1n) is 4.13. The second-order valence-corrected chi connectivity index (χ2v) is 5.11. The maximum atomic E-state index is 3.53. The molecule has 0 heterocycles.